The van der Waals surface area contributed by atoms with Gasteiger partial charge in [0.1, 0.15) is 0 Å². The lowest BCUT2D eigenvalue weighted by atomic mass is 9.68. The highest BCUT2D eigenvalue weighted by atomic mass is 15.1. The maximum atomic E-state index is 2.47. The van der Waals surface area contributed by atoms with E-state index in [1.165, 1.54) is 39.1 Å². The highest BCUT2D eigenvalue weighted by Crippen LogP contribution is 2.58. The molecule has 1 aliphatic carbocycles. The molecule has 0 spiro atoms. The Morgan fingerprint density at radius 1 is 0.391 bits per heavy atom. The van der Waals surface area contributed by atoms with Crippen molar-refractivity contribution >= 4 is 5.69 Å². The van der Waals surface area contributed by atoms with Crippen LogP contribution in [0.4, 0.5) is 5.69 Å². The minimum absolute atomic E-state index is 0.308. The van der Waals surface area contributed by atoms with Gasteiger partial charge in [0.2, 0.25) is 0 Å². The summed E-state index contributed by atoms with van der Waals surface area (Å²) in [7, 11) is 0. The zero-order valence-electron chi connectivity index (χ0n) is 33.7. The predicted octanol–water partition coefficient (Wildman–Crippen LogP) is 15.1. The van der Waals surface area contributed by atoms with E-state index in [-0.39, 0.29) is 5.41 Å². The Hall–Kier alpha value is -3.32. The molecule has 0 saturated heterocycles. The summed E-state index contributed by atoms with van der Waals surface area (Å²) in [5.74, 6) is 0. The van der Waals surface area contributed by atoms with E-state index < -0.39 is 0 Å². The summed E-state index contributed by atoms with van der Waals surface area (Å²) in [6, 6.07) is 37.8. The van der Waals surface area contributed by atoms with E-state index in [1.54, 1.807) is 0 Å². The van der Waals surface area contributed by atoms with Crippen molar-refractivity contribution in [2.75, 3.05) is 18.0 Å². The van der Waals surface area contributed by atoms with Gasteiger partial charge in [-0.05, 0) is 47.7 Å². The van der Waals surface area contributed by atoms with Gasteiger partial charge in [-0.2, -0.15) is 0 Å². The van der Waals surface area contributed by atoms with E-state index >= 15 is 0 Å². The van der Waals surface area contributed by atoms with Crippen molar-refractivity contribution in [2.45, 2.75) is 130 Å². The summed E-state index contributed by atoms with van der Waals surface area (Å²) in [5, 5.41) is 0. The van der Waals surface area contributed by atoms with E-state index in [0.717, 1.165) is 13.1 Å². The van der Waals surface area contributed by atoms with Crippen LogP contribution in [0.5, 0.6) is 0 Å². The van der Waals surface area contributed by atoms with Crippen LogP contribution in [-0.2, 0) is 5.41 Å². The summed E-state index contributed by atoms with van der Waals surface area (Å²) in [5.41, 5.74) is 9.14. The van der Waals surface area contributed by atoms with Crippen LogP contribution in [0.15, 0.2) is 103 Å². The molecular formula is C45H75N. The molecule has 46 heavy (non-hydrogen) atoms. The summed E-state index contributed by atoms with van der Waals surface area (Å²) in [4.78, 5) is 2.47. The molecule has 0 saturated carbocycles. The molecule has 5 rings (SSSR count). The van der Waals surface area contributed by atoms with Gasteiger partial charge in [-0.1, -0.05) is 208 Å². The number of fused-ring (bicyclic) bond motifs is 3. The van der Waals surface area contributed by atoms with Crippen LogP contribution in [0.1, 0.15) is 147 Å². The fraction of sp³-hybridized carbons (Fsp3) is 0.467. The summed E-state index contributed by atoms with van der Waals surface area (Å²) in [6.45, 7) is 38.5. The summed E-state index contributed by atoms with van der Waals surface area (Å²) < 4.78 is 0. The van der Waals surface area contributed by atoms with Crippen LogP contribution in [-0.4, -0.2) is 13.1 Å². The Morgan fingerprint density at radius 3 is 1.13 bits per heavy atom. The number of nitrogens with zero attached hydrogens (tertiary/aromatic N) is 1. The molecule has 0 unspecified atom stereocenters. The van der Waals surface area contributed by atoms with Crippen LogP contribution in [0.25, 0.3) is 11.1 Å². The van der Waals surface area contributed by atoms with Crippen molar-refractivity contribution in [3.05, 3.63) is 125 Å². The molecular weight excluding hydrogens is 555 g/mol. The number of benzene rings is 4. The second kappa shape index (κ2) is 33.1. The van der Waals surface area contributed by atoms with Crippen molar-refractivity contribution in [1.82, 2.24) is 0 Å². The zero-order valence-corrected chi connectivity index (χ0v) is 33.7. The molecule has 4 aromatic carbocycles. The molecule has 0 amide bonds. The first-order chi connectivity index (χ1) is 22.8. The predicted molar refractivity (Wildman–Crippen MR) is 218 cm³/mol. The van der Waals surface area contributed by atoms with Gasteiger partial charge in [-0.3, -0.25) is 0 Å². The Morgan fingerprint density at radius 2 is 0.739 bits per heavy atom. The van der Waals surface area contributed by atoms with Crippen molar-refractivity contribution in [2.24, 2.45) is 0 Å². The van der Waals surface area contributed by atoms with Crippen molar-refractivity contribution in [3.63, 3.8) is 0 Å². The van der Waals surface area contributed by atoms with Crippen LogP contribution in [0.3, 0.4) is 0 Å². The van der Waals surface area contributed by atoms with Gasteiger partial charge >= 0.3 is 0 Å². The SMILES string of the molecule is CC.CC.CC.CC.CC.CC.CC.CC.CCN(CC)c1cccc2c1-c1ccccc1C2(c1ccccc1)c1ccccc1. The molecule has 0 atom stereocenters. The van der Waals surface area contributed by atoms with Gasteiger partial charge in [-0.15, -0.1) is 0 Å². The molecule has 0 aromatic heterocycles. The third-order valence-corrected chi connectivity index (χ3v) is 6.56. The quantitative estimate of drug-likeness (QED) is 0.187. The molecule has 0 heterocycles. The molecule has 260 valence electrons. The fourth-order valence-corrected chi connectivity index (χ4v) is 5.30. The maximum absolute atomic E-state index is 2.47. The molecule has 1 nitrogen and oxygen atoms in total. The maximum Gasteiger partial charge on any atom is 0.0714 e. The molecule has 0 aliphatic heterocycles. The largest absolute Gasteiger partial charge is 0.372 e. The molecule has 1 aliphatic rings. The second-order valence-corrected chi connectivity index (χ2v) is 7.90. The van der Waals surface area contributed by atoms with E-state index in [4.69, 9.17) is 0 Å². The van der Waals surface area contributed by atoms with Crippen LogP contribution in [0, 0.1) is 0 Å². The van der Waals surface area contributed by atoms with E-state index in [1.807, 2.05) is 111 Å². The monoisotopic (exact) mass is 630 g/mol. The smallest absolute Gasteiger partial charge is 0.0714 e. The van der Waals surface area contributed by atoms with Crippen LogP contribution >= 0.6 is 0 Å². The van der Waals surface area contributed by atoms with Crippen molar-refractivity contribution in [1.29, 1.82) is 0 Å². The lowest BCUT2D eigenvalue weighted by Gasteiger charge is -2.34. The van der Waals surface area contributed by atoms with Crippen molar-refractivity contribution < 1.29 is 0 Å². The Bertz CT molecular complexity index is 1120. The van der Waals surface area contributed by atoms with Crippen LogP contribution in [0.2, 0.25) is 0 Å². The number of hydrogen-bond acceptors (Lipinski definition) is 1. The molecule has 0 N–H and O–H groups in total. The fourth-order valence-electron chi connectivity index (χ4n) is 5.30. The topological polar surface area (TPSA) is 3.24 Å². The first-order valence-corrected chi connectivity index (χ1v) is 18.9. The number of rotatable bonds is 5. The van der Waals surface area contributed by atoms with Gasteiger partial charge < -0.3 is 4.90 Å². The highest BCUT2D eigenvalue weighted by molar-refractivity contribution is 5.93. The highest BCUT2D eigenvalue weighted by Gasteiger charge is 2.46. The minimum Gasteiger partial charge on any atom is -0.372 e. The molecule has 0 radical (unpaired) electrons. The van der Waals surface area contributed by atoms with Crippen LogP contribution < -0.4 is 4.90 Å². The average Bonchev–Trinajstić information content (AvgIpc) is 3.51. The average molecular weight is 630 g/mol. The van der Waals surface area contributed by atoms with Gasteiger partial charge in [-0.25, -0.2) is 0 Å². The number of anilines is 1. The number of hydrogen-bond donors (Lipinski definition) is 0. The molecule has 4 aromatic rings. The molecule has 0 bridgehead atoms. The zero-order chi connectivity index (χ0) is 36.6. The van der Waals surface area contributed by atoms with Crippen molar-refractivity contribution in [3.8, 4) is 11.1 Å². The van der Waals surface area contributed by atoms with Gasteiger partial charge in [0.15, 0.2) is 0 Å². The first-order valence-electron chi connectivity index (χ1n) is 18.9. The normalized spacial score (nSPS) is 9.87. The second-order valence-electron chi connectivity index (χ2n) is 7.90. The van der Waals surface area contributed by atoms with Gasteiger partial charge in [0, 0.05) is 24.3 Å². The first kappa shape index (κ1) is 49.6. The molecule has 0 fully saturated rings. The lowest BCUT2D eigenvalue weighted by molar-refractivity contribution is 0.767. The Kier molecular flexibility index (Phi) is 35.6. The van der Waals surface area contributed by atoms with E-state index in [0.29, 0.717) is 0 Å². The summed E-state index contributed by atoms with van der Waals surface area (Å²) >= 11 is 0. The Labute approximate surface area is 289 Å². The third-order valence-electron chi connectivity index (χ3n) is 6.56. The van der Waals surface area contributed by atoms with Gasteiger partial charge in [0.05, 0.1) is 5.41 Å². The minimum atomic E-state index is -0.308. The Balaban J connectivity index is -0.000000484. The van der Waals surface area contributed by atoms with E-state index in [2.05, 4.69) is 122 Å². The molecule has 1 heteroatoms. The lowest BCUT2D eigenvalue weighted by Crippen LogP contribution is -2.29. The summed E-state index contributed by atoms with van der Waals surface area (Å²) in [6.07, 6.45) is 0. The van der Waals surface area contributed by atoms with Gasteiger partial charge in [0.25, 0.3) is 0 Å². The standard InChI is InChI=1S/C29H27N.8C2H6/c1-3-30(4-2)27-21-13-20-26-28(27)24-18-11-12-19-25(24)29(26,22-14-7-5-8-15-22)23-16-9-6-10-17-23;8*1-2/h5-21H,3-4H2,1-2H3;8*1-2H3. The third kappa shape index (κ3) is 11.8. The van der Waals surface area contributed by atoms with E-state index in [9.17, 15) is 0 Å².